The van der Waals surface area contributed by atoms with E-state index in [4.69, 9.17) is 0 Å². The Morgan fingerprint density at radius 2 is 0.379 bits per heavy atom. The number of hydrogen-bond acceptors (Lipinski definition) is 12. The van der Waals surface area contributed by atoms with Crippen LogP contribution in [0.15, 0.2) is 0 Å². The Hall–Kier alpha value is 0.142. The fraction of sp³-hybridized carbons (Fsp3) is 1.00. The van der Waals surface area contributed by atoms with E-state index in [1.807, 2.05) is 0 Å². The van der Waals surface area contributed by atoms with Crippen molar-refractivity contribution in [2.24, 2.45) is 0 Å². The van der Waals surface area contributed by atoms with E-state index in [2.05, 4.69) is 33.3 Å². The van der Waals surface area contributed by atoms with Crippen LogP contribution < -0.4 is 0 Å². The first kappa shape index (κ1) is 64.8. The first-order chi connectivity index (χ1) is 27.2. The Bertz CT molecular complexity index is 971. The quantitative estimate of drug-likeness (QED) is 0.0243. The van der Waals surface area contributed by atoms with Gasteiger partial charge in [-0.3, -0.25) is 12.5 Å². The minimum Gasteiger partial charge on any atom is -0.726 e. The number of rotatable bonds is 42. The van der Waals surface area contributed by atoms with Gasteiger partial charge in [0.1, 0.15) is 0 Å². The molecule has 0 aromatic rings. The predicted octanol–water partition coefficient (Wildman–Crippen LogP) is 12.1. The SMILES string of the molecule is CCCCCCCCCCCCCCOS(=O)(=O)[O-].CCCCCCCCCCCCCCOS(=O)(=O)[O-].CCCCCCCCCCCCCCOS(=O)(=O)[O-].[Al+3]. The summed E-state index contributed by atoms with van der Waals surface area (Å²) in [5.41, 5.74) is 0. The zero-order valence-corrected chi connectivity index (χ0v) is 40.9. The maximum absolute atomic E-state index is 10.2. The summed E-state index contributed by atoms with van der Waals surface area (Å²) in [6, 6.07) is 0. The maximum atomic E-state index is 10.2. The molecule has 0 fully saturated rings. The van der Waals surface area contributed by atoms with Gasteiger partial charge in [-0.25, -0.2) is 25.3 Å². The molecule has 0 atom stereocenters. The fourth-order valence-corrected chi connectivity index (χ4v) is 7.28. The summed E-state index contributed by atoms with van der Waals surface area (Å²) in [5.74, 6) is 0. The molecule has 0 aromatic carbocycles. The Labute approximate surface area is 369 Å². The molecule has 0 aliphatic rings. The van der Waals surface area contributed by atoms with Gasteiger partial charge >= 0.3 is 17.4 Å². The van der Waals surface area contributed by atoms with Gasteiger partial charge in [0.2, 0.25) is 31.2 Å². The monoisotopic (exact) mass is 907 g/mol. The molecular weight excluding hydrogens is 820 g/mol. The van der Waals surface area contributed by atoms with Crippen molar-refractivity contribution in [1.82, 2.24) is 0 Å². The van der Waals surface area contributed by atoms with E-state index in [9.17, 15) is 38.9 Å². The van der Waals surface area contributed by atoms with E-state index in [-0.39, 0.29) is 37.2 Å². The zero-order valence-electron chi connectivity index (χ0n) is 37.3. The van der Waals surface area contributed by atoms with Gasteiger partial charge in [-0.2, -0.15) is 0 Å². The number of unbranched alkanes of at least 4 members (excludes halogenated alkanes) is 33. The first-order valence-electron chi connectivity index (χ1n) is 23.0. The van der Waals surface area contributed by atoms with Gasteiger partial charge in [0.25, 0.3) is 0 Å². The molecule has 0 saturated heterocycles. The molecule has 0 bridgehead atoms. The van der Waals surface area contributed by atoms with Crippen LogP contribution in [0.25, 0.3) is 0 Å². The average Bonchev–Trinajstić information content (AvgIpc) is 3.13. The predicted molar refractivity (Wildman–Crippen MR) is 236 cm³/mol. The summed E-state index contributed by atoms with van der Waals surface area (Å²) in [6.07, 6.45) is 43.6. The molecule has 16 heteroatoms. The van der Waals surface area contributed by atoms with Crippen molar-refractivity contribution < 1.29 is 51.5 Å². The van der Waals surface area contributed by atoms with Crippen molar-refractivity contribution >= 4 is 48.6 Å². The summed E-state index contributed by atoms with van der Waals surface area (Å²) in [5, 5.41) is 0. The van der Waals surface area contributed by atoms with Gasteiger partial charge in [0.05, 0.1) is 19.8 Å². The fourth-order valence-electron chi connectivity index (χ4n) is 6.31. The van der Waals surface area contributed by atoms with Crippen molar-refractivity contribution in [2.45, 2.75) is 252 Å². The van der Waals surface area contributed by atoms with E-state index in [1.165, 1.54) is 173 Å². The summed E-state index contributed by atoms with van der Waals surface area (Å²) in [4.78, 5) is 0. The summed E-state index contributed by atoms with van der Waals surface area (Å²) >= 11 is 0. The van der Waals surface area contributed by atoms with Gasteiger partial charge in [0, 0.05) is 0 Å². The van der Waals surface area contributed by atoms with Crippen LogP contribution in [0, 0.1) is 0 Å². The molecule has 0 amide bonds. The van der Waals surface area contributed by atoms with Crippen molar-refractivity contribution in [3.05, 3.63) is 0 Å². The van der Waals surface area contributed by atoms with E-state index >= 15 is 0 Å². The molecule has 0 radical (unpaired) electrons. The third-order valence-corrected chi connectivity index (χ3v) is 11.0. The first-order valence-corrected chi connectivity index (χ1v) is 27.0. The third kappa shape index (κ3) is 73.7. The van der Waals surface area contributed by atoms with Gasteiger partial charge in [-0.05, 0) is 19.3 Å². The maximum Gasteiger partial charge on any atom is 3.00 e. The van der Waals surface area contributed by atoms with E-state index in [0.29, 0.717) is 19.3 Å². The molecule has 0 aliphatic carbocycles. The smallest absolute Gasteiger partial charge is 0.726 e. The van der Waals surface area contributed by atoms with Crippen LogP contribution in [0.4, 0.5) is 0 Å². The molecule has 0 aliphatic heterocycles. The van der Waals surface area contributed by atoms with Gasteiger partial charge in [-0.1, -0.05) is 233 Å². The summed E-state index contributed by atoms with van der Waals surface area (Å²) in [7, 11) is -13.5. The number of hydrogen-bond donors (Lipinski definition) is 0. The van der Waals surface area contributed by atoms with Gasteiger partial charge in [0.15, 0.2) is 0 Å². The third-order valence-electron chi connectivity index (χ3n) is 9.68. The van der Waals surface area contributed by atoms with E-state index in [1.54, 1.807) is 0 Å². The Kier molecular flexibility index (Phi) is 55.6. The van der Waals surface area contributed by atoms with Crippen LogP contribution in [0.1, 0.15) is 252 Å². The largest absolute Gasteiger partial charge is 3.00 e. The van der Waals surface area contributed by atoms with E-state index < -0.39 is 31.2 Å². The van der Waals surface area contributed by atoms with Crippen LogP contribution in [0.2, 0.25) is 0 Å². The van der Waals surface area contributed by atoms with Crippen LogP contribution in [0.3, 0.4) is 0 Å². The molecule has 58 heavy (non-hydrogen) atoms. The standard InChI is InChI=1S/3C14H30O4S.Al/c3*1-2-3-4-5-6-7-8-9-10-11-12-13-14-18-19(15,16)17;/h3*2-14H2,1H3,(H,15,16,17);/q;;;+3/p-3. The molecule has 0 heterocycles. The molecule has 12 nitrogen and oxygen atoms in total. The van der Waals surface area contributed by atoms with Crippen LogP contribution in [-0.2, 0) is 43.7 Å². The second-order valence-electron chi connectivity index (χ2n) is 15.4. The zero-order chi connectivity index (χ0) is 43.2. The molecule has 0 unspecified atom stereocenters. The minimum absolute atomic E-state index is 0. The van der Waals surface area contributed by atoms with Crippen molar-refractivity contribution in [3.8, 4) is 0 Å². The topological polar surface area (TPSA) is 199 Å². The van der Waals surface area contributed by atoms with Crippen LogP contribution >= 0.6 is 0 Å². The molecule has 348 valence electrons. The second kappa shape index (κ2) is 49.8. The van der Waals surface area contributed by atoms with Gasteiger partial charge in [-0.15, -0.1) is 0 Å². The molecule has 0 rings (SSSR count). The summed E-state index contributed by atoms with van der Waals surface area (Å²) < 4.78 is 104. The average molecular weight is 907 g/mol. The van der Waals surface area contributed by atoms with Crippen molar-refractivity contribution in [1.29, 1.82) is 0 Å². The Morgan fingerprint density at radius 1 is 0.259 bits per heavy atom. The molecule has 0 saturated carbocycles. The molecule has 0 N–H and O–H groups in total. The molecule has 0 aromatic heterocycles. The van der Waals surface area contributed by atoms with Crippen LogP contribution in [0.5, 0.6) is 0 Å². The van der Waals surface area contributed by atoms with Crippen LogP contribution in [-0.4, -0.2) is 76.1 Å². The van der Waals surface area contributed by atoms with E-state index in [0.717, 1.165) is 38.5 Å². The normalized spacial score (nSPS) is 11.7. The van der Waals surface area contributed by atoms with Gasteiger partial charge < -0.3 is 13.7 Å². The minimum atomic E-state index is -4.49. The van der Waals surface area contributed by atoms with Crippen molar-refractivity contribution in [3.63, 3.8) is 0 Å². The summed E-state index contributed by atoms with van der Waals surface area (Å²) in [6.45, 7) is 6.79. The molecule has 0 spiro atoms. The Balaban J connectivity index is -0.000000374. The van der Waals surface area contributed by atoms with Crippen molar-refractivity contribution in [2.75, 3.05) is 19.8 Å². The Morgan fingerprint density at radius 3 is 0.500 bits per heavy atom. The molecular formula is C42H87AlO12S3. The second-order valence-corrected chi connectivity index (χ2v) is 18.5.